The quantitative estimate of drug-likeness (QED) is 0.467. The standard InChI is InChI=1S/C23H24N4O2S/c1-14-8-9-18-19(10-14)24-17(11-20(18)28)13-30-23-26-25-22(27(23)4)12-29-21-7-5-6-15(2)16(21)3/h5-11H,12-13H2,1-4H3,(H,24,28). The molecule has 0 fully saturated rings. The van der Waals surface area contributed by atoms with Crippen LogP contribution in [0.4, 0.5) is 0 Å². The lowest BCUT2D eigenvalue weighted by Gasteiger charge is -2.10. The molecule has 0 aliphatic rings. The summed E-state index contributed by atoms with van der Waals surface area (Å²) in [6, 6.07) is 13.5. The highest BCUT2D eigenvalue weighted by Gasteiger charge is 2.12. The van der Waals surface area contributed by atoms with Crippen LogP contribution in [0, 0.1) is 20.8 Å². The zero-order chi connectivity index (χ0) is 21.3. The van der Waals surface area contributed by atoms with Crippen molar-refractivity contribution in [1.29, 1.82) is 0 Å². The van der Waals surface area contributed by atoms with Crippen molar-refractivity contribution in [1.82, 2.24) is 19.7 Å². The summed E-state index contributed by atoms with van der Waals surface area (Å²) in [5.74, 6) is 2.21. The van der Waals surface area contributed by atoms with E-state index in [0.29, 0.717) is 17.7 Å². The number of hydrogen-bond acceptors (Lipinski definition) is 5. The second-order valence-corrected chi connectivity index (χ2v) is 8.38. The second kappa shape index (κ2) is 8.36. The fourth-order valence-corrected chi connectivity index (χ4v) is 4.10. The van der Waals surface area contributed by atoms with E-state index in [2.05, 4.69) is 35.1 Å². The van der Waals surface area contributed by atoms with Crippen LogP contribution in [0.3, 0.4) is 0 Å². The zero-order valence-corrected chi connectivity index (χ0v) is 18.3. The molecule has 2 aromatic carbocycles. The van der Waals surface area contributed by atoms with Gasteiger partial charge in [0.15, 0.2) is 16.4 Å². The van der Waals surface area contributed by atoms with Gasteiger partial charge in [-0.2, -0.15) is 0 Å². The highest BCUT2D eigenvalue weighted by Crippen LogP contribution is 2.24. The van der Waals surface area contributed by atoms with Gasteiger partial charge in [-0.15, -0.1) is 10.2 Å². The number of benzene rings is 2. The molecule has 30 heavy (non-hydrogen) atoms. The number of fused-ring (bicyclic) bond motifs is 1. The van der Waals surface area contributed by atoms with Gasteiger partial charge in [0.05, 0.1) is 0 Å². The number of aromatic nitrogens is 4. The summed E-state index contributed by atoms with van der Waals surface area (Å²) in [6.07, 6.45) is 0. The SMILES string of the molecule is Cc1ccc2c(=O)cc(CSc3nnc(COc4cccc(C)c4C)n3C)[nH]c2c1. The molecule has 0 unspecified atom stereocenters. The zero-order valence-electron chi connectivity index (χ0n) is 17.5. The highest BCUT2D eigenvalue weighted by atomic mass is 32.2. The first-order valence-electron chi connectivity index (χ1n) is 9.75. The summed E-state index contributed by atoms with van der Waals surface area (Å²) < 4.78 is 7.89. The van der Waals surface area contributed by atoms with E-state index in [1.807, 2.05) is 48.9 Å². The maximum absolute atomic E-state index is 12.4. The highest BCUT2D eigenvalue weighted by molar-refractivity contribution is 7.98. The Labute approximate surface area is 179 Å². The summed E-state index contributed by atoms with van der Waals surface area (Å²) >= 11 is 1.53. The van der Waals surface area contributed by atoms with E-state index in [1.165, 1.54) is 17.3 Å². The number of nitrogens with zero attached hydrogens (tertiary/aromatic N) is 3. The van der Waals surface area contributed by atoms with Crippen molar-refractivity contribution < 1.29 is 4.74 Å². The molecule has 2 aromatic heterocycles. The average molecular weight is 421 g/mol. The summed E-state index contributed by atoms with van der Waals surface area (Å²) in [5.41, 5.74) is 5.19. The number of thioether (sulfide) groups is 1. The molecule has 0 saturated heterocycles. The van der Waals surface area contributed by atoms with Crippen molar-refractivity contribution in [3.05, 3.63) is 80.9 Å². The fraction of sp³-hybridized carbons (Fsp3) is 0.261. The van der Waals surface area contributed by atoms with Gasteiger partial charge in [0.1, 0.15) is 12.4 Å². The van der Waals surface area contributed by atoms with Gasteiger partial charge in [0.25, 0.3) is 0 Å². The van der Waals surface area contributed by atoms with E-state index in [-0.39, 0.29) is 5.43 Å². The topological polar surface area (TPSA) is 72.8 Å². The maximum Gasteiger partial charge on any atom is 0.191 e. The van der Waals surface area contributed by atoms with Gasteiger partial charge in [-0.1, -0.05) is 30.0 Å². The minimum absolute atomic E-state index is 0.0277. The van der Waals surface area contributed by atoms with Crippen LogP contribution >= 0.6 is 11.8 Å². The van der Waals surface area contributed by atoms with Crippen LogP contribution in [0.2, 0.25) is 0 Å². The monoisotopic (exact) mass is 420 g/mol. The number of H-pyrrole nitrogens is 1. The number of aryl methyl sites for hydroxylation is 2. The molecule has 0 amide bonds. The first-order valence-corrected chi connectivity index (χ1v) is 10.7. The van der Waals surface area contributed by atoms with Crippen molar-refractivity contribution in [2.24, 2.45) is 7.05 Å². The van der Waals surface area contributed by atoms with Gasteiger partial charge in [0, 0.05) is 35.5 Å². The number of aromatic amines is 1. The summed E-state index contributed by atoms with van der Waals surface area (Å²) in [4.78, 5) is 15.7. The Balaban J connectivity index is 1.46. The lowest BCUT2D eigenvalue weighted by Crippen LogP contribution is -2.06. The molecule has 0 aliphatic heterocycles. The molecule has 0 bridgehead atoms. The van der Waals surface area contributed by atoms with Crippen LogP contribution in [-0.4, -0.2) is 19.7 Å². The molecule has 1 N–H and O–H groups in total. The van der Waals surface area contributed by atoms with E-state index in [4.69, 9.17) is 4.74 Å². The maximum atomic E-state index is 12.4. The number of ether oxygens (including phenoxy) is 1. The van der Waals surface area contributed by atoms with Crippen molar-refractivity contribution in [2.45, 2.75) is 38.3 Å². The molecular formula is C23H24N4O2S. The third kappa shape index (κ3) is 4.11. The van der Waals surface area contributed by atoms with Crippen LogP contribution in [0.25, 0.3) is 10.9 Å². The van der Waals surface area contributed by atoms with E-state index >= 15 is 0 Å². The molecule has 4 rings (SSSR count). The van der Waals surface area contributed by atoms with E-state index in [0.717, 1.165) is 39.1 Å². The average Bonchev–Trinajstić information content (AvgIpc) is 3.07. The van der Waals surface area contributed by atoms with Gasteiger partial charge in [-0.3, -0.25) is 4.79 Å². The van der Waals surface area contributed by atoms with E-state index < -0.39 is 0 Å². The molecule has 4 aromatic rings. The van der Waals surface area contributed by atoms with Crippen LogP contribution in [0.15, 0.2) is 52.4 Å². The van der Waals surface area contributed by atoms with Crippen LogP contribution < -0.4 is 10.2 Å². The first-order chi connectivity index (χ1) is 14.4. The van der Waals surface area contributed by atoms with Crippen molar-refractivity contribution >= 4 is 22.7 Å². The van der Waals surface area contributed by atoms with Crippen LogP contribution in [-0.2, 0) is 19.4 Å². The molecule has 6 nitrogen and oxygen atoms in total. The third-order valence-corrected chi connectivity index (χ3v) is 6.30. The Morgan fingerprint density at radius 1 is 1.10 bits per heavy atom. The van der Waals surface area contributed by atoms with Gasteiger partial charge in [-0.05, 0) is 55.7 Å². The smallest absolute Gasteiger partial charge is 0.191 e. The normalized spacial score (nSPS) is 11.2. The molecule has 0 atom stereocenters. The van der Waals surface area contributed by atoms with E-state index in [1.54, 1.807) is 6.07 Å². The minimum atomic E-state index is 0.0277. The Morgan fingerprint density at radius 3 is 2.77 bits per heavy atom. The third-order valence-electron chi connectivity index (χ3n) is 5.23. The second-order valence-electron chi connectivity index (χ2n) is 7.44. The fourth-order valence-electron chi connectivity index (χ4n) is 3.26. The Morgan fingerprint density at radius 2 is 1.93 bits per heavy atom. The Bertz CT molecular complexity index is 1280. The molecule has 0 aliphatic carbocycles. The number of rotatable bonds is 6. The summed E-state index contributed by atoms with van der Waals surface area (Å²) in [6.45, 7) is 6.48. The molecule has 2 heterocycles. The summed E-state index contributed by atoms with van der Waals surface area (Å²) in [5, 5.41) is 10.0. The van der Waals surface area contributed by atoms with Crippen LogP contribution in [0.1, 0.15) is 28.2 Å². The largest absolute Gasteiger partial charge is 0.485 e. The molecule has 0 radical (unpaired) electrons. The van der Waals surface area contributed by atoms with Gasteiger partial charge in [0.2, 0.25) is 0 Å². The molecule has 154 valence electrons. The van der Waals surface area contributed by atoms with Crippen molar-refractivity contribution in [3.8, 4) is 5.75 Å². The molecule has 7 heteroatoms. The lowest BCUT2D eigenvalue weighted by atomic mass is 10.1. The lowest BCUT2D eigenvalue weighted by molar-refractivity contribution is 0.288. The molecule has 0 saturated carbocycles. The minimum Gasteiger partial charge on any atom is -0.485 e. The number of pyridine rings is 1. The van der Waals surface area contributed by atoms with Crippen molar-refractivity contribution in [3.63, 3.8) is 0 Å². The predicted molar refractivity (Wildman–Crippen MR) is 120 cm³/mol. The Hall–Kier alpha value is -3.06. The molecule has 0 spiro atoms. The summed E-state index contributed by atoms with van der Waals surface area (Å²) in [7, 11) is 1.93. The number of nitrogens with one attached hydrogen (secondary N) is 1. The van der Waals surface area contributed by atoms with E-state index in [9.17, 15) is 4.79 Å². The molecular weight excluding hydrogens is 396 g/mol. The van der Waals surface area contributed by atoms with Gasteiger partial charge >= 0.3 is 0 Å². The Kier molecular flexibility index (Phi) is 5.63. The van der Waals surface area contributed by atoms with Gasteiger partial charge < -0.3 is 14.3 Å². The van der Waals surface area contributed by atoms with Crippen molar-refractivity contribution in [2.75, 3.05) is 0 Å². The van der Waals surface area contributed by atoms with Crippen LogP contribution in [0.5, 0.6) is 5.75 Å². The number of hydrogen-bond donors (Lipinski definition) is 1. The van der Waals surface area contributed by atoms with Gasteiger partial charge in [-0.25, -0.2) is 0 Å². The first kappa shape index (κ1) is 20.2. The predicted octanol–water partition coefficient (Wildman–Crippen LogP) is 4.45.